The maximum absolute atomic E-state index is 10.4. The van der Waals surface area contributed by atoms with Gasteiger partial charge in [-0.05, 0) is 42.9 Å². The van der Waals surface area contributed by atoms with Crippen molar-refractivity contribution >= 4 is 5.97 Å². The molecule has 1 unspecified atom stereocenters. The molecule has 1 rings (SSSR count). The monoisotopic (exact) mass is 261 g/mol. The SMILES string of the molecule is N#Cc1ccc(CC(CO)CCCCC(=O)O)cc1. The molecule has 1 aromatic carbocycles. The molecule has 4 nitrogen and oxygen atoms in total. The minimum absolute atomic E-state index is 0.104. The van der Waals surface area contributed by atoms with Crippen LogP contribution in [0.1, 0.15) is 36.8 Å². The Morgan fingerprint density at radius 3 is 2.47 bits per heavy atom. The largest absolute Gasteiger partial charge is 0.481 e. The number of benzene rings is 1. The first-order valence-corrected chi connectivity index (χ1v) is 6.47. The molecule has 19 heavy (non-hydrogen) atoms. The van der Waals surface area contributed by atoms with E-state index in [9.17, 15) is 9.90 Å². The van der Waals surface area contributed by atoms with Crippen LogP contribution in [0.5, 0.6) is 0 Å². The van der Waals surface area contributed by atoms with Gasteiger partial charge >= 0.3 is 5.97 Å². The molecule has 0 aromatic heterocycles. The summed E-state index contributed by atoms with van der Waals surface area (Å²) < 4.78 is 0. The first-order valence-electron chi connectivity index (χ1n) is 6.47. The maximum atomic E-state index is 10.4. The van der Waals surface area contributed by atoms with Crippen molar-refractivity contribution in [3.05, 3.63) is 35.4 Å². The lowest BCUT2D eigenvalue weighted by molar-refractivity contribution is -0.137. The Balaban J connectivity index is 2.38. The van der Waals surface area contributed by atoms with E-state index in [4.69, 9.17) is 10.4 Å². The third-order valence-corrected chi connectivity index (χ3v) is 3.12. The Bertz CT molecular complexity index is 434. The average molecular weight is 261 g/mol. The molecule has 0 aliphatic heterocycles. The zero-order chi connectivity index (χ0) is 14.1. The molecule has 0 saturated heterocycles. The number of carboxylic acid groups (broad SMARTS) is 1. The molecule has 2 N–H and O–H groups in total. The predicted molar refractivity (Wildman–Crippen MR) is 71.5 cm³/mol. The molecule has 0 bridgehead atoms. The van der Waals surface area contributed by atoms with Gasteiger partial charge in [0, 0.05) is 13.0 Å². The van der Waals surface area contributed by atoms with Gasteiger partial charge in [-0.15, -0.1) is 0 Å². The summed E-state index contributed by atoms with van der Waals surface area (Å²) in [6.45, 7) is 0.104. The lowest BCUT2D eigenvalue weighted by atomic mass is 9.94. The van der Waals surface area contributed by atoms with Crippen molar-refractivity contribution in [2.75, 3.05) is 6.61 Å². The molecule has 0 heterocycles. The van der Waals surface area contributed by atoms with Gasteiger partial charge in [0.05, 0.1) is 11.6 Å². The minimum Gasteiger partial charge on any atom is -0.481 e. The van der Waals surface area contributed by atoms with E-state index < -0.39 is 5.97 Å². The topological polar surface area (TPSA) is 81.3 Å². The highest BCUT2D eigenvalue weighted by Crippen LogP contribution is 2.16. The van der Waals surface area contributed by atoms with Crippen molar-refractivity contribution in [2.24, 2.45) is 5.92 Å². The molecular weight excluding hydrogens is 242 g/mol. The molecular formula is C15H19NO3. The van der Waals surface area contributed by atoms with Crippen LogP contribution in [0.2, 0.25) is 0 Å². The second-order valence-electron chi connectivity index (χ2n) is 4.70. The van der Waals surface area contributed by atoms with Gasteiger partial charge in [0.2, 0.25) is 0 Å². The number of aliphatic carboxylic acids is 1. The van der Waals surface area contributed by atoms with Crippen LogP contribution in [0.4, 0.5) is 0 Å². The van der Waals surface area contributed by atoms with Gasteiger partial charge in [-0.3, -0.25) is 4.79 Å². The number of unbranched alkanes of at least 4 members (excludes halogenated alkanes) is 1. The molecule has 0 amide bonds. The first-order chi connectivity index (χ1) is 9.15. The summed E-state index contributed by atoms with van der Waals surface area (Å²) in [6.07, 6.45) is 3.24. The molecule has 0 aliphatic rings. The van der Waals surface area contributed by atoms with E-state index in [-0.39, 0.29) is 18.9 Å². The Labute approximate surface area is 113 Å². The fourth-order valence-electron chi connectivity index (χ4n) is 2.02. The lowest BCUT2D eigenvalue weighted by Crippen LogP contribution is -2.10. The van der Waals surface area contributed by atoms with Crippen molar-refractivity contribution in [2.45, 2.75) is 32.1 Å². The summed E-state index contributed by atoms with van der Waals surface area (Å²) in [6, 6.07) is 9.42. The normalized spacial score (nSPS) is 11.8. The Morgan fingerprint density at radius 1 is 1.26 bits per heavy atom. The van der Waals surface area contributed by atoms with E-state index in [2.05, 4.69) is 6.07 Å². The Morgan fingerprint density at radius 2 is 1.95 bits per heavy atom. The summed E-state index contributed by atoms with van der Waals surface area (Å²) >= 11 is 0. The number of nitriles is 1. The number of aliphatic hydroxyl groups excluding tert-OH is 1. The fraction of sp³-hybridized carbons (Fsp3) is 0.467. The van der Waals surface area contributed by atoms with Gasteiger partial charge < -0.3 is 10.2 Å². The van der Waals surface area contributed by atoms with Crippen LogP contribution in [-0.2, 0) is 11.2 Å². The fourth-order valence-corrected chi connectivity index (χ4v) is 2.02. The summed E-state index contributed by atoms with van der Waals surface area (Å²) in [5, 5.41) is 26.6. The van der Waals surface area contributed by atoms with Crippen LogP contribution in [0.3, 0.4) is 0 Å². The van der Waals surface area contributed by atoms with Crippen molar-refractivity contribution in [3.8, 4) is 6.07 Å². The summed E-state index contributed by atoms with van der Waals surface area (Å²) in [5.74, 6) is -0.616. The number of carbonyl (C=O) groups is 1. The molecule has 0 fully saturated rings. The highest BCUT2D eigenvalue weighted by Gasteiger charge is 2.09. The predicted octanol–water partition coefficient (Wildman–Crippen LogP) is 2.35. The van der Waals surface area contributed by atoms with Gasteiger partial charge in [-0.25, -0.2) is 0 Å². The van der Waals surface area contributed by atoms with Crippen LogP contribution in [0.15, 0.2) is 24.3 Å². The molecule has 1 atom stereocenters. The Hall–Kier alpha value is -1.86. The number of nitrogens with zero attached hydrogens (tertiary/aromatic N) is 1. The van der Waals surface area contributed by atoms with Crippen molar-refractivity contribution in [1.29, 1.82) is 5.26 Å². The van der Waals surface area contributed by atoms with Gasteiger partial charge in [0.15, 0.2) is 0 Å². The number of rotatable bonds is 8. The molecule has 0 spiro atoms. The highest BCUT2D eigenvalue weighted by molar-refractivity contribution is 5.66. The third kappa shape index (κ3) is 6.03. The Kier molecular flexibility index (Phi) is 6.62. The van der Waals surface area contributed by atoms with Crippen LogP contribution in [0.25, 0.3) is 0 Å². The standard InChI is InChI=1S/C15H19NO3/c16-10-13-7-5-12(6-8-13)9-14(11-17)3-1-2-4-15(18)19/h5-8,14,17H,1-4,9,11H2,(H,18,19). The third-order valence-electron chi connectivity index (χ3n) is 3.12. The number of hydrogen-bond acceptors (Lipinski definition) is 3. The van der Waals surface area contributed by atoms with Crippen LogP contribution in [0, 0.1) is 17.2 Å². The van der Waals surface area contributed by atoms with E-state index in [1.807, 2.05) is 12.1 Å². The average Bonchev–Trinajstić information content (AvgIpc) is 2.42. The van der Waals surface area contributed by atoms with E-state index in [0.29, 0.717) is 12.0 Å². The molecule has 0 radical (unpaired) electrons. The van der Waals surface area contributed by atoms with Crippen molar-refractivity contribution in [1.82, 2.24) is 0 Å². The summed E-state index contributed by atoms with van der Waals surface area (Å²) in [7, 11) is 0. The quantitative estimate of drug-likeness (QED) is 0.704. The van der Waals surface area contributed by atoms with Gasteiger partial charge in [-0.1, -0.05) is 18.6 Å². The smallest absolute Gasteiger partial charge is 0.303 e. The molecule has 0 saturated carbocycles. The van der Waals surface area contributed by atoms with Gasteiger partial charge in [0.1, 0.15) is 0 Å². The van der Waals surface area contributed by atoms with E-state index >= 15 is 0 Å². The van der Waals surface area contributed by atoms with Gasteiger partial charge in [0.25, 0.3) is 0 Å². The van der Waals surface area contributed by atoms with Crippen molar-refractivity contribution < 1.29 is 15.0 Å². The zero-order valence-electron chi connectivity index (χ0n) is 10.9. The van der Waals surface area contributed by atoms with Crippen LogP contribution in [-0.4, -0.2) is 22.8 Å². The maximum Gasteiger partial charge on any atom is 0.303 e. The van der Waals surface area contributed by atoms with E-state index in [0.717, 1.165) is 24.8 Å². The van der Waals surface area contributed by atoms with E-state index in [1.54, 1.807) is 12.1 Å². The number of aliphatic hydroxyl groups is 1. The second-order valence-corrected chi connectivity index (χ2v) is 4.70. The molecule has 102 valence electrons. The van der Waals surface area contributed by atoms with E-state index in [1.165, 1.54) is 0 Å². The molecule has 0 aliphatic carbocycles. The molecule has 4 heteroatoms. The zero-order valence-corrected chi connectivity index (χ0v) is 10.9. The highest BCUT2D eigenvalue weighted by atomic mass is 16.4. The number of carboxylic acids is 1. The minimum atomic E-state index is -0.771. The first kappa shape index (κ1) is 15.2. The summed E-state index contributed by atoms with van der Waals surface area (Å²) in [5.41, 5.74) is 1.72. The summed E-state index contributed by atoms with van der Waals surface area (Å²) in [4.78, 5) is 10.4. The van der Waals surface area contributed by atoms with Crippen LogP contribution < -0.4 is 0 Å². The number of hydrogen-bond donors (Lipinski definition) is 2. The molecule has 1 aromatic rings. The van der Waals surface area contributed by atoms with Crippen LogP contribution >= 0.6 is 0 Å². The lowest BCUT2D eigenvalue weighted by Gasteiger charge is -2.13. The van der Waals surface area contributed by atoms with Gasteiger partial charge in [-0.2, -0.15) is 5.26 Å². The second kappa shape index (κ2) is 8.28. The van der Waals surface area contributed by atoms with Crippen molar-refractivity contribution in [3.63, 3.8) is 0 Å².